The summed E-state index contributed by atoms with van der Waals surface area (Å²) >= 11 is 3.44. The number of hydrogen-bond acceptors (Lipinski definition) is 2. The Morgan fingerprint density at radius 2 is 2.37 bits per heavy atom. The maximum absolute atomic E-state index is 12.6. The summed E-state index contributed by atoms with van der Waals surface area (Å²) in [6.45, 7) is 8.02. The van der Waals surface area contributed by atoms with E-state index in [-0.39, 0.29) is 5.91 Å². The fourth-order valence-electron chi connectivity index (χ4n) is 2.47. The number of rotatable bonds is 5. The molecule has 1 saturated heterocycles. The highest BCUT2D eigenvalue weighted by molar-refractivity contribution is 9.10. The van der Waals surface area contributed by atoms with E-state index in [9.17, 15) is 4.79 Å². The number of ether oxygens (including phenoxy) is 1. The van der Waals surface area contributed by atoms with Gasteiger partial charge in [0.2, 0.25) is 0 Å². The summed E-state index contributed by atoms with van der Waals surface area (Å²) in [6, 6.07) is 1.90. The summed E-state index contributed by atoms with van der Waals surface area (Å²) in [5.74, 6) is 0.597. The minimum atomic E-state index is 0.113. The molecule has 0 aliphatic carbocycles. The first kappa shape index (κ1) is 14.6. The molecule has 1 aromatic heterocycles. The number of amides is 1. The lowest BCUT2D eigenvalue weighted by molar-refractivity contribution is 0.0720. The van der Waals surface area contributed by atoms with Gasteiger partial charge in [0, 0.05) is 42.8 Å². The van der Waals surface area contributed by atoms with Gasteiger partial charge in [0.15, 0.2) is 0 Å². The summed E-state index contributed by atoms with van der Waals surface area (Å²) in [6.07, 6.45) is 3.02. The van der Waals surface area contributed by atoms with Crippen LogP contribution in [0.4, 0.5) is 0 Å². The highest BCUT2D eigenvalue weighted by atomic mass is 79.9. The fourth-order valence-corrected chi connectivity index (χ4v) is 2.94. The molecule has 0 radical (unpaired) electrons. The van der Waals surface area contributed by atoms with Gasteiger partial charge in [0.05, 0.1) is 6.61 Å². The van der Waals surface area contributed by atoms with Crippen molar-refractivity contribution in [1.29, 1.82) is 0 Å². The number of aryl methyl sites for hydroxylation is 1. The first-order valence-electron chi connectivity index (χ1n) is 6.88. The van der Waals surface area contributed by atoms with Crippen LogP contribution in [-0.2, 0) is 11.3 Å². The molecule has 0 aromatic carbocycles. The van der Waals surface area contributed by atoms with Crippen LogP contribution >= 0.6 is 15.9 Å². The predicted octanol–water partition coefficient (Wildman–Crippen LogP) is 2.77. The lowest BCUT2D eigenvalue weighted by Gasteiger charge is -2.24. The molecule has 0 N–H and O–H groups in total. The normalized spacial score (nSPS) is 18.8. The zero-order chi connectivity index (χ0) is 13.8. The largest absolute Gasteiger partial charge is 0.381 e. The van der Waals surface area contributed by atoms with Crippen LogP contribution in [0.3, 0.4) is 0 Å². The minimum Gasteiger partial charge on any atom is -0.381 e. The van der Waals surface area contributed by atoms with Gasteiger partial charge in [-0.2, -0.15) is 0 Å². The molecule has 1 aliphatic rings. The van der Waals surface area contributed by atoms with Gasteiger partial charge in [-0.25, -0.2) is 0 Å². The molecule has 0 bridgehead atoms. The number of carbonyl (C=O) groups is 1. The Kier molecular flexibility index (Phi) is 5.05. The summed E-state index contributed by atoms with van der Waals surface area (Å²) in [5, 5.41) is 0. The Hall–Kier alpha value is -0.810. The molecule has 1 atom stereocenters. The number of carbonyl (C=O) groups excluding carboxylic acids is 1. The molecule has 5 heteroatoms. The van der Waals surface area contributed by atoms with Crippen molar-refractivity contribution in [3.8, 4) is 0 Å². The molecule has 0 spiro atoms. The Labute approximate surface area is 122 Å². The average molecular weight is 329 g/mol. The van der Waals surface area contributed by atoms with E-state index in [1.54, 1.807) is 0 Å². The Balaban J connectivity index is 2.10. The summed E-state index contributed by atoms with van der Waals surface area (Å²) in [5.41, 5.74) is 0.759. The maximum atomic E-state index is 12.6. The molecule has 4 nitrogen and oxygen atoms in total. The average Bonchev–Trinajstić information content (AvgIpc) is 3.04. The Morgan fingerprint density at radius 3 is 2.95 bits per heavy atom. The molecule has 1 aromatic rings. The van der Waals surface area contributed by atoms with Gasteiger partial charge in [-0.05, 0) is 42.3 Å². The summed E-state index contributed by atoms with van der Waals surface area (Å²) < 4.78 is 8.33. The van der Waals surface area contributed by atoms with E-state index in [4.69, 9.17) is 4.74 Å². The van der Waals surface area contributed by atoms with Gasteiger partial charge in [-0.3, -0.25) is 4.79 Å². The summed E-state index contributed by atoms with van der Waals surface area (Å²) in [4.78, 5) is 14.5. The molecule has 106 valence electrons. The molecular weight excluding hydrogens is 308 g/mol. The third-order valence-electron chi connectivity index (χ3n) is 3.59. The molecule has 1 amide bonds. The second-order valence-corrected chi connectivity index (χ2v) is 5.82. The third kappa shape index (κ3) is 3.39. The topological polar surface area (TPSA) is 34.5 Å². The van der Waals surface area contributed by atoms with Crippen molar-refractivity contribution < 1.29 is 9.53 Å². The van der Waals surface area contributed by atoms with Crippen molar-refractivity contribution in [3.63, 3.8) is 0 Å². The van der Waals surface area contributed by atoms with Crippen molar-refractivity contribution in [2.75, 3.05) is 26.3 Å². The molecule has 1 aliphatic heterocycles. The third-order valence-corrected chi connectivity index (χ3v) is 4.03. The van der Waals surface area contributed by atoms with Gasteiger partial charge in [0.1, 0.15) is 5.69 Å². The van der Waals surface area contributed by atoms with Crippen LogP contribution in [0.2, 0.25) is 0 Å². The minimum absolute atomic E-state index is 0.113. The maximum Gasteiger partial charge on any atom is 0.270 e. The van der Waals surface area contributed by atoms with E-state index in [0.29, 0.717) is 5.92 Å². The van der Waals surface area contributed by atoms with E-state index < -0.39 is 0 Å². The molecular formula is C14H21BrN2O2. The zero-order valence-corrected chi connectivity index (χ0v) is 13.1. The van der Waals surface area contributed by atoms with Gasteiger partial charge < -0.3 is 14.2 Å². The lowest BCUT2D eigenvalue weighted by Crippen LogP contribution is -2.36. The highest BCUT2D eigenvalue weighted by Gasteiger charge is 2.24. The second kappa shape index (κ2) is 6.57. The molecule has 19 heavy (non-hydrogen) atoms. The lowest BCUT2D eigenvalue weighted by atomic mass is 10.1. The first-order chi connectivity index (χ1) is 9.15. The quantitative estimate of drug-likeness (QED) is 0.832. The van der Waals surface area contributed by atoms with Gasteiger partial charge in [-0.1, -0.05) is 0 Å². The Bertz CT molecular complexity index is 439. The monoisotopic (exact) mass is 328 g/mol. The van der Waals surface area contributed by atoms with Gasteiger partial charge >= 0.3 is 0 Å². The molecule has 2 heterocycles. The standard InChI is InChI=1S/C14H21BrN2O2/c1-3-16-9-12(15)7-13(16)14(18)17(4-2)8-11-5-6-19-10-11/h7,9,11H,3-6,8,10H2,1-2H3. The van der Waals surface area contributed by atoms with Crippen LogP contribution in [0.1, 0.15) is 30.8 Å². The molecule has 1 unspecified atom stereocenters. The SMILES string of the molecule is CCN(CC1CCOC1)C(=O)c1cc(Br)cn1CC. The van der Waals surface area contributed by atoms with Crippen LogP contribution in [-0.4, -0.2) is 41.7 Å². The van der Waals surface area contributed by atoms with E-state index >= 15 is 0 Å². The van der Waals surface area contributed by atoms with E-state index in [2.05, 4.69) is 15.9 Å². The zero-order valence-electron chi connectivity index (χ0n) is 11.6. The molecule has 2 rings (SSSR count). The number of nitrogens with zero attached hydrogens (tertiary/aromatic N) is 2. The number of halogens is 1. The highest BCUT2D eigenvalue weighted by Crippen LogP contribution is 2.19. The van der Waals surface area contributed by atoms with Crippen LogP contribution in [0.25, 0.3) is 0 Å². The molecule has 1 fully saturated rings. The van der Waals surface area contributed by atoms with Crippen molar-refractivity contribution in [1.82, 2.24) is 9.47 Å². The van der Waals surface area contributed by atoms with Crippen molar-refractivity contribution in [3.05, 3.63) is 22.4 Å². The number of hydrogen-bond donors (Lipinski definition) is 0. The van der Waals surface area contributed by atoms with Crippen LogP contribution in [0, 0.1) is 5.92 Å². The second-order valence-electron chi connectivity index (χ2n) is 4.90. The summed E-state index contributed by atoms with van der Waals surface area (Å²) in [7, 11) is 0. The number of aromatic nitrogens is 1. The van der Waals surface area contributed by atoms with Gasteiger partial charge in [-0.15, -0.1) is 0 Å². The van der Waals surface area contributed by atoms with Crippen LogP contribution in [0.15, 0.2) is 16.7 Å². The van der Waals surface area contributed by atoms with Crippen molar-refractivity contribution >= 4 is 21.8 Å². The van der Waals surface area contributed by atoms with Crippen molar-refractivity contribution in [2.24, 2.45) is 5.92 Å². The van der Waals surface area contributed by atoms with Crippen LogP contribution < -0.4 is 0 Å². The van der Waals surface area contributed by atoms with E-state index in [0.717, 1.165) is 49.4 Å². The van der Waals surface area contributed by atoms with E-state index in [1.165, 1.54) is 0 Å². The Morgan fingerprint density at radius 1 is 1.58 bits per heavy atom. The van der Waals surface area contributed by atoms with Gasteiger partial charge in [0.25, 0.3) is 5.91 Å². The van der Waals surface area contributed by atoms with Crippen LogP contribution in [0.5, 0.6) is 0 Å². The first-order valence-corrected chi connectivity index (χ1v) is 7.67. The smallest absolute Gasteiger partial charge is 0.270 e. The van der Waals surface area contributed by atoms with Crippen molar-refractivity contribution in [2.45, 2.75) is 26.8 Å². The van der Waals surface area contributed by atoms with E-state index in [1.807, 2.05) is 35.6 Å². The predicted molar refractivity (Wildman–Crippen MR) is 78.3 cm³/mol. The fraction of sp³-hybridized carbons (Fsp3) is 0.643. The molecule has 0 saturated carbocycles.